The summed E-state index contributed by atoms with van der Waals surface area (Å²) in [6.07, 6.45) is -1.95. The van der Waals surface area contributed by atoms with Crippen molar-refractivity contribution in [2.75, 3.05) is 0 Å². The number of alkyl halides is 3. The Hall–Kier alpha value is -1.59. The van der Waals surface area contributed by atoms with E-state index in [1.54, 1.807) is 5.32 Å². The number of aromatic nitrogens is 1. The molecule has 1 heterocycles. The maximum atomic E-state index is 11.7. The van der Waals surface area contributed by atoms with Crippen LogP contribution in [0.3, 0.4) is 0 Å². The van der Waals surface area contributed by atoms with E-state index in [1.165, 1.54) is 24.5 Å². The second-order valence-corrected chi connectivity index (χ2v) is 2.54. The summed E-state index contributed by atoms with van der Waals surface area (Å²) in [6, 6.07) is 3.05. The van der Waals surface area contributed by atoms with Crippen LogP contribution in [0.4, 0.5) is 13.2 Å². The summed E-state index contributed by atoms with van der Waals surface area (Å²) in [7, 11) is 0. The first kappa shape index (κ1) is 10.5. The lowest BCUT2D eigenvalue weighted by molar-refractivity contribution is -0.173. The van der Waals surface area contributed by atoms with Gasteiger partial charge in [0, 0.05) is 18.9 Å². The predicted octanol–water partition coefficient (Wildman–Crippen LogP) is 1.26. The fourth-order valence-electron chi connectivity index (χ4n) is 0.783. The predicted molar refractivity (Wildman–Crippen MR) is 42.1 cm³/mol. The molecule has 0 bridgehead atoms. The third-order valence-corrected chi connectivity index (χ3v) is 1.46. The van der Waals surface area contributed by atoms with Crippen molar-refractivity contribution in [1.82, 2.24) is 10.3 Å². The Bertz CT molecular complexity index is 310. The van der Waals surface area contributed by atoms with Crippen LogP contribution < -0.4 is 5.32 Å². The Morgan fingerprint density at radius 3 is 2.43 bits per heavy atom. The van der Waals surface area contributed by atoms with Gasteiger partial charge in [-0.15, -0.1) is 0 Å². The van der Waals surface area contributed by atoms with Crippen molar-refractivity contribution in [3.05, 3.63) is 30.1 Å². The van der Waals surface area contributed by atoms with Crippen molar-refractivity contribution < 1.29 is 18.0 Å². The van der Waals surface area contributed by atoms with Gasteiger partial charge in [0.25, 0.3) is 0 Å². The van der Waals surface area contributed by atoms with E-state index in [4.69, 9.17) is 0 Å². The highest BCUT2D eigenvalue weighted by Crippen LogP contribution is 2.14. The van der Waals surface area contributed by atoms with E-state index in [0.717, 1.165) is 0 Å². The van der Waals surface area contributed by atoms with E-state index in [1.807, 2.05) is 0 Å². The SMILES string of the molecule is O=C(NCc1ccncc1)C(F)(F)F. The number of nitrogens with one attached hydrogen (secondary N) is 1. The summed E-state index contributed by atoms with van der Waals surface area (Å²) in [5.74, 6) is -1.94. The monoisotopic (exact) mass is 204 g/mol. The summed E-state index contributed by atoms with van der Waals surface area (Å²) >= 11 is 0. The maximum absolute atomic E-state index is 11.7. The minimum absolute atomic E-state index is 0.152. The Morgan fingerprint density at radius 2 is 1.93 bits per heavy atom. The molecule has 0 saturated heterocycles. The molecule has 0 spiro atoms. The van der Waals surface area contributed by atoms with Crippen molar-refractivity contribution in [3.63, 3.8) is 0 Å². The van der Waals surface area contributed by atoms with E-state index in [0.29, 0.717) is 5.56 Å². The second-order valence-electron chi connectivity index (χ2n) is 2.54. The summed E-state index contributed by atoms with van der Waals surface area (Å²) in [4.78, 5) is 14.1. The number of hydrogen-bond acceptors (Lipinski definition) is 2. The number of amides is 1. The van der Waals surface area contributed by atoms with Gasteiger partial charge in [0.15, 0.2) is 0 Å². The average Bonchev–Trinajstić information content (AvgIpc) is 2.14. The first-order valence-corrected chi connectivity index (χ1v) is 3.74. The van der Waals surface area contributed by atoms with Gasteiger partial charge in [-0.25, -0.2) is 0 Å². The number of rotatable bonds is 2. The molecule has 76 valence electrons. The van der Waals surface area contributed by atoms with Gasteiger partial charge >= 0.3 is 12.1 Å². The Labute approximate surface area is 78.0 Å². The minimum atomic E-state index is -4.83. The number of hydrogen-bond donors (Lipinski definition) is 1. The number of carbonyl (C=O) groups is 1. The van der Waals surface area contributed by atoms with E-state index in [9.17, 15) is 18.0 Å². The Kier molecular flexibility index (Phi) is 3.06. The molecule has 1 amide bonds. The largest absolute Gasteiger partial charge is 0.471 e. The van der Waals surface area contributed by atoms with Gasteiger partial charge in [0.1, 0.15) is 0 Å². The molecule has 0 aliphatic heterocycles. The zero-order valence-corrected chi connectivity index (χ0v) is 7.01. The molecule has 0 aliphatic rings. The highest BCUT2D eigenvalue weighted by atomic mass is 19.4. The second kappa shape index (κ2) is 4.08. The standard InChI is InChI=1S/C8H7F3N2O/c9-8(10,11)7(14)13-5-6-1-3-12-4-2-6/h1-4H,5H2,(H,13,14). The lowest BCUT2D eigenvalue weighted by Crippen LogP contribution is -2.36. The molecule has 0 aliphatic carbocycles. The van der Waals surface area contributed by atoms with Crippen LogP contribution in [0.15, 0.2) is 24.5 Å². The maximum Gasteiger partial charge on any atom is 0.471 e. The van der Waals surface area contributed by atoms with Gasteiger partial charge in [-0.05, 0) is 17.7 Å². The van der Waals surface area contributed by atoms with Crippen LogP contribution in [0.1, 0.15) is 5.56 Å². The zero-order chi connectivity index (χ0) is 10.6. The van der Waals surface area contributed by atoms with E-state index in [2.05, 4.69) is 4.98 Å². The van der Waals surface area contributed by atoms with Gasteiger partial charge in [0.05, 0.1) is 0 Å². The van der Waals surface area contributed by atoms with Crippen molar-refractivity contribution in [2.45, 2.75) is 12.7 Å². The van der Waals surface area contributed by atoms with Crippen molar-refractivity contribution in [3.8, 4) is 0 Å². The molecule has 1 rings (SSSR count). The van der Waals surface area contributed by atoms with Gasteiger partial charge in [-0.1, -0.05) is 0 Å². The van der Waals surface area contributed by atoms with Crippen LogP contribution in [-0.4, -0.2) is 17.1 Å². The normalized spacial score (nSPS) is 11.1. The fraction of sp³-hybridized carbons (Fsp3) is 0.250. The highest BCUT2D eigenvalue weighted by molar-refractivity contribution is 5.81. The molecule has 1 aromatic heterocycles. The van der Waals surface area contributed by atoms with E-state index in [-0.39, 0.29) is 6.54 Å². The van der Waals surface area contributed by atoms with E-state index >= 15 is 0 Å². The molecule has 0 atom stereocenters. The summed E-state index contributed by atoms with van der Waals surface area (Å²) in [5, 5.41) is 1.75. The van der Waals surface area contributed by atoms with Crippen molar-refractivity contribution in [2.24, 2.45) is 0 Å². The van der Waals surface area contributed by atoms with E-state index < -0.39 is 12.1 Å². The first-order valence-electron chi connectivity index (χ1n) is 3.74. The van der Waals surface area contributed by atoms with Gasteiger partial charge in [-0.3, -0.25) is 9.78 Å². The molecule has 14 heavy (non-hydrogen) atoms. The molecule has 0 fully saturated rings. The number of nitrogens with zero attached hydrogens (tertiary/aromatic N) is 1. The molecule has 0 unspecified atom stereocenters. The number of halogens is 3. The molecular weight excluding hydrogens is 197 g/mol. The van der Waals surface area contributed by atoms with Gasteiger partial charge in [0.2, 0.25) is 0 Å². The molecule has 1 aromatic rings. The Morgan fingerprint density at radius 1 is 1.36 bits per heavy atom. The molecule has 0 saturated carbocycles. The topological polar surface area (TPSA) is 42.0 Å². The first-order chi connectivity index (χ1) is 6.50. The molecule has 0 radical (unpaired) electrons. The van der Waals surface area contributed by atoms with Crippen LogP contribution in [0.5, 0.6) is 0 Å². The molecule has 3 nitrogen and oxygen atoms in total. The molecular formula is C8H7F3N2O. The summed E-state index contributed by atoms with van der Waals surface area (Å²) < 4.78 is 35.2. The average molecular weight is 204 g/mol. The van der Waals surface area contributed by atoms with Crippen LogP contribution in [0.25, 0.3) is 0 Å². The number of carbonyl (C=O) groups excluding carboxylic acids is 1. The third kappa shape index (κ3) is 3.04. The van der Waals surface area contributed by atoms with Crippen molar-refractivity contribution >= 4 is 5.91 Å². The van der Waals surface area contributed by atoms with Crippen LogP contribution in [-0.2, 0) is 11.3 Å². The van der Waals surface area contributed by atoms with Crippen molar-refractivity contribution in [1.29, 1.82) is 0 Å². The molecule has 1 N–H and O–H groups in total. The Balaban J connectivity index is 2.46. The molecule has 0 aromatic carbocycles. The van der Waals surface area contributed by atoms with Crippen LogP contribution >= 0.6 is 0 Å². The lowest BCUT2D eigenvalue weighted by atomic mass is 10.3. The van der Waals surface area contributed by atoms with Gasteiger partial charge in [-0.2, -0.15) is 13.2 Å². The minimum Gasteiger partial charge on any atom is -0.344 e. The zero-order valence-electron chi connectivity index (χ0n) is 7.01. The molecule has 6 heteroatoms. The lowest BCUT2D eigenvalue weighted by Gasteiger charge is -2.07. The number of pyridine rings is 1. The summed E-state index contributed by atoms with van der Waals surface area (Å²) in [6.45, 7) is -0.152. The third-order valence-electron chi connectivity index (χ3n) is 1.46. The highest BCUT2D eigenvalue weighted by Gasteiger charge is 2.38. The fourth-order valence-corrected chi connectivity index (χ4v) is 0.783. The smallest absolute Gasteiger partial charge is 0.344 e. The quantitative estimate of drug-likeness (QED) is 0.787. The van der Waals surface area contributed by atoms with Crippen LogP contribution in [0, 0.1) is 0 Å². The summed E-state index contributed by atoms with van der Waals surface area (Å²) in [5.41, 5.74) is 0.567. The van der Waals surface area contributed by atoms with Gasteiger partial charge < -0.3 is 5.32 Å². The van der Waals surface area contributed by atoms with Crippen LogP contribution in [0.2, 0.25) is 0 Å².